The number of hydrogen-bond donors (Lipinski definition) is 2. The van der Waals surface area contributed by atoms with Crippen LogP contribution < -0.4 is 4.99 Å². The fourth-order valence-electron chi connectivity index (χ4n) is 3.90. The summed E-state index contributed by atoms with van der Waals surface area (Å²) in [4.78, 5) is 18.6. The van der Waals surface area contributed by atoms with E-state index in [2.05, 4.69) is 46.7 Å². The molecule has 0 amide bonds. The number of benzene rings is 3. The molecule has 2 N–H and O–H groups in total. The van der Waals surface area contributed by atoms with Gasteiger partial charge in [0.1, 0.15) is 0 Å². The van der Waals surface area contributed by atoms with Gasteiger partial charge in [-0.05, 0) is 29.8 Å². The van der Waals surface area contributed by atoms with Crippen LogP contribution in [0.4, 0.5) is 5.69 Å². The second kappa shape index (κ2) is 9.46. The molecule has 7 nitrogen and oxygen atoms in total. The Hall–Kier alpha value is -4.01. The standard InChI is InChI=1S/C25H18N2O2.CH4O3S/c1-29-25(28)17-12-10-16(11-13-17)24(20-14-26-22-8-4-2-6-18(20)22)21-15-27-23-9-5-3-7-19(21)23;1-5(2,3)4/h2-15,26H,1H3;1H3,(H,2,3,4). The van der Waals surface area contributed by atoms with Crippen molar-refractivity contribution in [2.24, 2.45) is 0 Å². The van der Waals surface area contributed by atoms with E-state index in [-0.39, 0.29) is 5.97 Å². The Morgan fingerprint density at radius 3 is 2.26 bits per heavy atom. The maximum absolute atomic E-state index is 11.9. The van der Waals surface area contributed by atoms with Crippen LogP contribution in [0.15, 0.2) is 79.0 Å². The van der Waals surface area contributed by atoms with E-state index >= 15 is 0 Å². The maximum Gasteiger partial charge on any atom is 0.337 e. The summed E-state index contributed by atoms with van der Waals surface area (Å²) in [5.74, 6) is -0.336. The van der Waals surface area contributed by atoms with Crippen molar-refractivity contribution in [2.75, 3.05) is 13.4 Å². The molecular formula is C26H22N2O5S. The lowest BCUT2D eigenvalue weighted by atomic mass is 9.90. The number of para-hydroxylation sites is 2. The van der Waals surface area contributed by atoms with Crippen LogP contribution in [-0.4, -0.2) is 43.5 Å². The number of aromatic nitrogens is 1. The van der Waals surface area contributed by atoms with Gasteiger partial charge < -0.3 is 14.3 Å². The Bertz CT molecular complexity index is 1520. The summed E-state index contributed by atoms with van der Waals surface area (Å²) in [6.45, 7) is 0. The van der Waals surface area contributed by atoms with Crippen LogP contribution in [0.2, 0.25) is 0 Å². The third-order valence-electron chi connectivity index (χ3n) is 5.31. The number of aromatic amines is 1. The van der Waals surface area contributed by atoms with Crippen molar-refractivity contribution in [1.29, 1.82) is 0 Å². The van der Waals surface area contributed by atoms with Crippen molar-refractivity contribution < 1.29 is 27.5 Å². The first-order valence-corrected chi connectivity index (χ1v) is 12.2. The van der Waals surface area contributed by atoms with E-state index in [1.807, 2.05) is 48.5 Å². The van der Waals surface area contributed by atoms with Crippen LogP contribution in [0.5, 0.6) is 0 Å². The highest BCUT2D eigenvalue weighted by Crippen LogP contribution is 2.37. The fraction of sp³-hybridized carbons (Fsp3) is 0.0769. The van der Waals surface area contributed by atoms with Crippen LogP contribution in [-0.2, 0) is 14.9 Å². The van der Waals surface area contributed by atoms with Gasteiger partial charge >= 0.3 is 5.97 Å². The lowest BCUT2D eigenvalue weighted by Crippen LogP contribution is -2.58. The third-order valence-corrected chi connectivity index (χ3v) is 5.31. The lowest BCUT2D eigenvalue weighted by Gasteiger charge is -2.11. The van der Waals surface area contributed by atoms with Crippen molar-refractivity contribution >= 4 is 50.0 Å². The normalized spacial score (nSPS) is 13.7. The average molecular weight is 475 g/mol. The highest BCUT2D eigenvalue weighted by atomic mass is 32.2. The van der Waals surface area contributed by atoms with Gasteiger partial charge in [-0.25, -0.2) is 18.2 Å². The number of nitrogens with one attached hydrogen (secondary N) is 2. The maximum atomic E-state index is 11.9. The first-order valence-electron chi connectivity index (χ1n) is 10.4. The number of esters is 1. The molecule has 8 heteroatoms. The van der Waals surface area contributed by atoms with Crippen LogP contribution in [0.3, 0.4) is 0 Å². The molecule has 0 saturated carbocycles. The summed E-state index contributed by atoms with van der Waals surface area (Å²) in [6, 6.07) is 24.1. The largest absolute Gasteiger partial charge is 0.748 e. The molecule has 172 valence electrons. The number of carbonyl (C=O) groups is 1. The van der Waals surface area contributed by atoms with E-state index in [1.165, 1.54) is 7.11 Å². The molecule has 0 saturated heterocycles. The molecule has 0 fully saturated rings. The monoisotopic (exact) mass is 474 g/mol. The number of methoxy groups -OCH3 is 1. The van der Waals surface area contributed by atoms with Crippen molar-refractivity contribution in [2.45, 2.75) is 0 Å². The number of carbonyl (C=O) groups excluding carboxylic acids is 1. The summed E-state index contributed by atoms with van der Waals surface area (Å²) >= 11 is 0. The SMILES string of the molecule is COC(=O)c1ccc(C(=C2C=[NH+]c3ccccc32)c2c[nH]c3ccccc23)cc1.CS(=O)(=O)[O-]. The topological polar surface area (TPSA) is 113 Å². The predicted molar refractivity (Wildman–Crippen MR) is 131 cm³/mol. The van der Waals surface area contributed by atoms with Crippen molar-refractivity contribution in [3.63, 3.8) is 0 Å². The number of ether oxygens (including phenoxy) is 1. The van der Waals surface area contributed by atoms with Crippen molar-refractivity contribution in [3.8, 4) is 0 Å². The summed E-state index contributed by atoms with van der Waals surface area (Å²) in [7, 11) is -2.52. The van der Waals surface area contributed by atoms with Gasteiger partial charge in [-0.15, -0.1) is 0 Å². The average Bonchev–Trinajstić information content (AvgIpc) is 3.44. The molecule has 0 aliphatic carbocycles. The number of H-pyrrole nitrogens is 1. The van der Waals surface area contributed by atoms with E-state index in [4.69, 9.17) is 17.7 Å². The molecular weight excluding hydrogens is 452 g/mol. The smallest absolute Gasteiger partial charge is 0.337 e. The van der Waals surface area contributed by atoms with Gasteiger partial charge in [0.25, 0.3) is 0 Å². The van der Waals surface area contributed by atoms with Crippen molar-refractivity contribution in [3.05, 3.63) is 101 Å². The highest BCUT2D eigenvalue weighted by molar-refractivity contribution is 7.84. The summed E-state index contributed by atoms with van der Waals surface area (Å²) in [5, 5.41) is 1.16. The molecule has 5 rings (SSSR count). The molecule has 0 radical (unpaired) electrons. The zero-order valence-corrected chi connectivity index (χ0v) is 19.3. The van der Waals surface area contributed by atoms with Gasteiger partial charge in [-0.1, -0.05) is 42.5 Å². The van der Waals surface area contributed by atoms with Crippen LogP contribution in [0, 0.1) is 0 Å². The molecule has 1 aliphatic heterocycles. The molecule has 34 heavy (non-hydrogen) atoms. The van der Waals surface area contributed by atoms with E-state index in [9.17, 15) is 4.79 Å². The van der Waals surface area contributed by atoms with Gasteiger partial charge in [-0.3, -0.25) is 0 Å². The Kier molecular flexibility index (Phi) is 6.45. The summed E-state index contributed by atoms with van der Waals surface area (Å²) in [5.41, 5.74) is 8.26. The molecule has 0 atom stereocenters. The predicted octanol–water partition coefficient (Wildman–Crippen LogP) is 2.87. The highest BCUT2D eigenvalue weighted by Gasteiger charge is 2.24. The fourth-order valence-corrected chi connectivity index (χ4v) is 3.90. The first kappa shape index (κ1) is 23.2. The number of rotatable bonds is 3. The molecule has 1 aliphatic rings. The first-order chi connectivity index (χ1) is 16.3. The van der Waals surface area contributed by atoms with Crippen LogP contribution in [0.1, 0.15) is 27.0 Å². The molecule has 2 heterocycles. The number of hydrogen-bond acceptors (Lipinski definition) is 5. The zero-order valence-electron chi connectivity index (χ0n) is 18.5. The minimum absolute atomic E-state index is 0.336. The summed E-state index contributed by atoms with van der Waals surface area (Å²) < 4.78 is 32.1. The van der Waals surface area contributed by atoms with Gasteiger partial charge in [0.05, 0.1) is 33.9 Å². The van der Waals surface area contributed by atoms with Crippen molar-refractivity contribution in [1.82, 2.24) is 4.98 Å². The second-order valence-corrected chi connectivity index (χ2v) is 9.05. The molecule has 0 bridgehead atoms. The quantitative estimate of drug-likeness (QED) is 0.350. The number of allylic oxidation sites excluding steroid dienone is 1. The zero-order chi connectivity index (χ0) is 24.3. The summed E-state index contributed by atoms with van der Waals surface area (Å²) in [6.07, 6.45) is 4.71. The lowest BCUT2D eigenvalue weighted by molar-refractivity contribution is -0.342. The third kappa shape index (κ3) is 4.98. The molecule has 0 spiro atoms. The second-order valence-electron chi connectivity index (χ2n) is 7.64. The van der Waals surface area contributed by atoms with E-state index in [0.717, 1.165) is 44.4 Å². The molecule has 3 aromatic carbocycles. The Balaban J connectivity index is 0.000000499. The van der Waals surface area contributed by atoms with Gasteiger partial charge in [0.15, 0.2) is 6.21 Å². The van der Waals surface area contributed by atoms with E-state index in [1.54, 1.807) is 0 Å². The van der Waals surface area contributed by atoms with Gasteiger partial charge in [0, 0.05) is 40.6 Å². The van der Waals surface area contributed by atoms with Crippen LogP contribution >= 0.6 is 0 Å². The minimum Gasteiger partial charge on any atom is -0.748 e. The van der Waals surface area contributed by atoms with Gasteiger partial charge in [0.2, 0.25) is 5.69 Å². The molecule has 1 aromatic heterocycles. The molecule has 0 unspecified atom stereocenters. The Morgan fingerprint density at radius 1 is 0.941 bits per heavy atom. The Morgan fingerprint density at radius 2 is 1.56 bits per heavy atom. The van der Waals surface area contributed by atoms with Crippen LogP contribution in [0.25, 0.3) is 22.0 Å². The van der Waals surface area contributed by atoms with E-state index in [0.29, 0.717) is 11.8 Å². The van der Waals surface area contributed by atoms with Gasteiger partial charge in [-0.2, -0.15) is 0 Å². The number of fused-ring (bicyclic) bond motifs is 2. The Labute approximate surface area is 197 Å². The minimum atomic E-state index is -3.92. The van der Waals surface area contributed by atoms with E-state index < -0.39 is 10.1 Å². The molecule has 4 aromatic rings.